The van der Waals surface area contributed by atoms with Gasteiger partial charge in [0.15, 0.2) is 11.5 Å². The van der Waals surface area contributed by atoms with Crippen LogP contribution in [0.5, 0.6) is 0 Å². The minimum atomic E-state index is -0.826. The zero-order chi connectivity index (χ0) is 23.7. The number of hydrogen-bond donors (Lipinski definition) is 1. The Morgan fingerprint density at radius 3 is 2.41 bits per heavy atom. The number of ketones is 1. The first-order chi connectivity index (χ1) is 16.6. The highest BCUT2D eigenvalue weighted by atomic mass is 35.5. The molecule has 0 saturated carbocycles. The molecule has 7 heteroatoms. The van der Waals surface area contributed by atoms with E-state index in [0.29, 0.717) is 17.1 Å². The maximum absolute atomic E-state index is 13.4. The van der Waals surface area contributed by atoms with Crippen molar-refractivity contribution in [1.29, 1.82) is 0 Å². The Bertz CT molecular complexity index is 1220. The van der Waals surface area contributed by atoms with Crippen LogP contribution in [-0.2, 0) is 4.79 Å². The summed E-state index contributed by atoms with van der Waals surface area (Å²) in [5.41, 5.74) is 1.66. The number of hydrogen-bond acceptors (Lipinski definition) is 5. The molecule has 0 bridgehead atoms. The van der Waals surface area contributed by atoms with Crippen molar-refractivity contribution in [3.05, 3.63) is 106 Å². The van der Waals surface area contributed by atoms with Gasteiger partial charge in [0.2, 0.25) is 5.78 Å². The number of Topliss-reactive ketones (excluding diaryl/α,β-unsaturated/α-hetero) is 1. The lowest BCUT2D eigenvalue weighted by Crippen LogP contribution is -2.40. The van der Waals surface area contributed by atoms with Crippen molar-refractivity contribution in [1.82, 2.24) is 9.80 Å². The molecule has 1 fully saturated rings. The summed E-state index contributed by atoms with van der Waals surface area (Å²) in [7, 11) is 0. The number of amides is 1. The van der Waals surface area contributed by atoms with Crippen molar-refractivity contribution in [2.24, 2.45) is 0 Å². The number of aliphatic hydroxyl groups excluding tert-OH is 1. The fourth-order valence-corrected chi connectivity index (χ4v) is 5.22. The van der Waals surface area contributed by atoms with E-state index >= 15 is 0 Å². The molecule has 1 saturated heterocycles. The summed E-state index contributed by atoms with van der Waals surface area (Å²) in [6.45, 7) is 2.16. The van der Waals surface area contributed by atoms with Gasteiger partial charge >= 0.3 is 0 Å². The molecule has 3 aromatic rings. The summed E-state index contributed by atoms with van der Waals surface area (Å²) in [5.74, 6) is -1.60. The summed E-state index contributed by atoms with van der Waals surface area (Å²) in [6, 6.07) is 19.4. The third kappa shape index (κ3) is 4.04. The zero-order valence-corrected chi connectivity index (χ0v) is 19.3. The first-order valence-electron chi connectivity index (χ1n) is 11.4. The zero-order valence-electron chi connectivity index (χ0n) is 18.6. The summed E-state index contributed by atoms with van der Waals surface area (Å²) < 4.78 is 5.31. The standard InChI is InChI=1S/C27H25ClN2O4/c28-20-12-5-4-11-19(20)24-23(25(31)22-13-8-16-34-22)26(32)27(33)30(24)17-21(29-14-6-7-15-29)18-9-2-1-3-10-18/h1-5,8-13,16,21,24,32H,6-7,14-15,17H2. The molecule has 0 spiro atoms. The Morgan fingerprint density at radius 1 is 1.03 bits per heavy atom. The Kier molecular flexibility index (Phi) is 6.26. The van der Waals surface area contributed by atoms with Gasteiger partial charge in [0, 0.05) is 11.6 Å². The molecule has 3 heterocycles. The average Bonchev–Trinajstić information content (AvgIpc) is 3.62. The van der Waals surface area contributed by atoms with E-state index in [2.05, 4.69) is 17.0 Å². The maximum atomic E-state index is 13.4. The molecule has 2 aliphatic heterocycles. The number of carbonyl (C=O) groups excluding carboxylic acids is 2. The number of benzene rings is 2. The van der Waals surface area contributed by atoms with Crippen LogP contribution in [0, 0.1) is 0 Å². The summed E-state index contributed by atoms with van der Waals surface area (Å²) in [6.07, 6.45) is 3.58. The van der Waals surface area contributed by atoms with Crippen LogP contribution in [0.3, 0.4) is 0 Å². The smallest absolute Gasteiger partial charge is 0.290 e. The molecular weight excluding hydrogens is 452 g/mol. The van der Waals surface area contributed by atoms with Crippen molar-refractivity contribution in [3.63, 3.8) is 0 Å². The highest BCUT2D eigenvalue weighted by molar-refractivity contribution is 6.31. The third-order valence-corrected chi connectivity index (χ3v) is 6.97. The van der Waals surface area contributed by atoms with Crippen molar-refractivity contribution in [3.8, 4) is 0 Å². The molecule has 2 aromatic carbocycles. The topological polar surface area (TPSA) is 74.0 Å². The van der Waals surface area contributed by atoms with E-state index < -0.39 is 23.5 Å². The second-order valence-corrected chi connectivity index (χ2v) is 9.03. The third-order valence-electron chi connectivity index (χ3n) is 6.63. The monoisotopic (exact) mass is 476 g/mol. The predicted octanol–water partition coefficient (Wildman–Crippen LogP) is 5.35. The second kappa shape index (κ2) is 9.49. The lowest BCUT2D eigenvalue weighted by atomic mass is 9.94. The number of carbonyl (C=O) groups is 2. The Hall–Kier alpha value is -3.35. The molecule has 6 nitrogen and oxygen atoms in total. The van der Waals surface area contributed by atoms with Crippen molar-refractivity contribution < 1.29 is 19.1 Å². The Labute approximate surface area is 203 Å². The number of rotatable bonds is 7. The van der Waals surface area contributed by atoms with Crippen molar-refractivity contribution in [2.45, 2.75) is 24.9 Å². The number of halogens is 1. The minimum Gasteiger partial charge on any atom is -0.503 e. The maximum Gasteiger partial charge on any atom is 0.290 e. The van der Waals surface area contributed by atoms with Gasteiger partial charge in [-0.15, -0.1) is 0 Å². The van der Waals surface area contributed by atoms with Crippen LogP contribution in [0.4, 0.5) is 0 Å². The molecule has 2 atom stereocenters. The van der Waals surface area contributed by atoms with Crippen LogP contribution < -0.4 is 0 Å². The molecule has 1 aromatic heterocycles. The summed E-state index contributed by atoms with van der Waals surface area (Å²) in [5, 5.41) is 11.4. The molecule has 5 rings (SSSR count). The van der Waals surface area contributed by atoms with Crippen LogP contribution >= 0.6 is 11.6 Å². The lowest BCUT2D eigenvalue weighted by Gasteiger charge is -2.35. The van der Waals surface area contributed by atoms with Gasteiger partial charge in [-0.2, -0.15) is 0 Å². The highest BCUT2D eigenvalue weighted by Crippen LogP contribution is 2.43. The number of furan rings is 1. The van der Waals surface area contributed by atoms with Gasteiger partial charge < -0.3 is 14.4 Å². The van der Waals surface area contributed by atoms with Crippen LogP contribution in [0.25, 0.3) is 0 Å². The Morgan fingerprint density at radius 2 is 1.74 bits per heavy atom. The van der Waals surface area contributed by atoms with Crippen molar-refractivity contribution in [2.75, 3.05) is 19.6 Å². The van der Waals surface area contributed by atoms with Gasteiger partial charge in [-0.3, -0.25) is 14.5 Å². The minimum absolute atomic E-state index is 0.0127. The quantitative estimate of drug-likeness (QED) is 0.465. The normalized spacial score (nSPS) is 19.7. The lowest BCUT2D eigenvalue weighted by molar-refractivity contribution is -0.130. The summed E-state index contributed by atoms with van der Waals surface area (Å²) >= 11 is 6.55. The molecule has 0 aliphatic carbocycles. The second-order valence-electron chi connectivity index (χ2n) is 8.62. The first kappa shape index (κ1) is 22.4. The van der Waals surface area contributed by atoms with Crippen LogP contribution in [0.2, 0.25) is 5.02 Å². The molecule has 1 N–H and O–H groups in total. The SMILES string of the molecule is O=C(C1=C(O)C(=O)N(CC(c2ccccc2)N2CCCC2)C1c1ccccc1Cl)c1ccco1. The van der Waals surface area contributed by atoms with Gasteiger partial charge in [0.05, 0.1) is 23.9 Å². The fraction of sp³-hybridized carbons (Fsp3) is 0.259. The summed E-state index contributed by atoms with van der Waals surface area (Å²) in [4.78, 5) is 30.7. The molecule has 2 unspecified atom stereocenters. The van der Waals surface area contributed by atoms with E-state index in [0.717, 1.165) is 31.5 Å². The van der Waals surface area contributed by atoms with Gasteiger partial charge in [-0.1, -0.05) is 60.1 Å². The van der Waals surface area contributed by atoms with E-state index in [4.69, 9.17) is 16.0 Å². The molecule has 1 amide bonds. The molecule has 34 heavy (non-hydrogen) atoms. The van der Waals surface area contributed by atoms with Crippen LogP contribution in [0.15, 0.2) is 88.7 Å². The largest absolute Gasteiger partial charge is 0.503 e. The van der Waals surface area contributed by atoms with Gasteiger partial charge in [-0.25, -0.2) is 0 Å². The van der Waals surface area contributed by atoms with E-state index in [1.807, 2.05) is 24.3 Å². The van der Waals surface area contributed by atoms with Gasteiger partial charge in [-0.05, 0) is 55.3 Å². The van der Waals surface area contributed by atoms with E-state index in [1.165, 1.54) is 12.3 Å². The molecular formula is C27H25ClN2O4. The predicted molar refractivity (Wildman–Crippen MR) is 129 cm³/mol. The van der Waals surface area contributed by atoms with Crippen molar-refractivity contribution >= 4 is 23.3 Å². The Balaban J connectivity index is 1.58. The van der Waals surface area contributed by atoms with Crippen LogP contribution in [-0.4, -0.2) is 46.2 Å². The molecule has 2 aliphatic rings. The van der Waals surface area contributed by atoms with E-state index in [9.17, 15) is 14.7 Å². The first-order valence-corrected chi connectivity index (χ1v) is 11.8. The molecule has 0 radical (unpaired) electrons. The number of nitrogens with zero attached hydrogens (tertiary/aromatic N) is 2. The fourth-order valence-electron chi connectivity index (χ4n) is 4.98. The number of aliphatic hydroxyl groups is 1. The average molecular weight is 477 g/mol. The highest BCUT2D eigenvalue weighted by Gasteiger charge is 2.46. The van der Waals surface area contributed by atoms with Gasteiger partial charge in [0.1, 0.15) is 0 Å². The van der Waals surface area contributed by atoms with E-state index in [1.54, 1.807) is 29.2 Å². The van der Waals surface area contributed by atoms with E-state index in [-0.39, 0.29) is 17.4 Å². The van der Waals surface area contributed by atoms with Crippen LogP contribution in [0.1, 0.15) is 46.6 Å². The molecule has 174 valence electrons. The number of likely N-dealkylation sites (tertiary alicyclic amines) is 1. The van der Waals surface area contributed by atoms with Gasteiger partial charge in [0.25, 0.3) is 5.91 Å².